The summed E-state index contributed by atoms with van der Waals surface area (Å²) in [7, 11) is 1.70. The topological polar surface area (TPSA) is 56.1 Å². The van der Waals surface area contributed by atoms with Crippen LogP contribution in [0.2, 0.25) is 0 Å². The van der Waals surface area contributed by atoms with Crippen molar-refractivity contribution in [3.05, 3.63) is 11.4 Å². The van der Waals surface area contributed by atoms with Crippen LogP contribution in [-0.4, -0.2) is 41.0 Å². The summed E-state index contributed by atoms with van der Waals surface area (Å²) in [5, 5.41) is 4.06. The molecule has 1 aromatic heterocycles. The molecule has 5 nitrogen and oxygen atoms in total. The van der Waals surface area contributed by atoms with E-state index in [-0.39, 0.29) is 5.91 Å². The quantitative estimate of drug-likeness (QED) is 0.783. The fraction of sp³-hybridized carbons (Fsp3) is 0.750. The van der Waals surface area contributed by atoms with Gasteiger partial charge in [0.05, 0.1) is 18.1 Å². The monoisotopic (exact) mass is 325 g/mol. The molecule has 0 unspecified atom stereocenters. The van der Waals surface area contributed by atoms with Gasteiger partial charge in [-0.1, -0.05) is 31.0 Å². The van der Waals surface area contributed by atoms with Gasteiger partial charge in [-0.3, -0.25) is 4.79 Å². The Morgan fingerprint density at radius 3 is 2.77 bits per heavy atom. The van der Waals surface area contributed by atoms with Crippen LogP contribution in [0.25, 0.3) is 0 Å². The van der Waals surface area contributed by atoms with Crippen LogP contribution < -0.4 is 5.32 Å². The lowest BCUT2D eigenvalue weighted by molar-refractivity contribution is -0.119. The second kappa shape index (κ2) is 8.58. The van der Waals surface area contributed by atoms with Gasteiger partial charge < -0.3 is 14.6 Å². The summed E-state index contributed by atoms with van der Waals surface area (Å²) < 4.78 is 7.29. The number of ether oxygens (including phenoxy) is 1. The Balaban J connectivity index is 1.87. The minimum Gasteiger partial charge on any atom is -0.383 e. The van der Waals surface area contributed by atoms with Crippen molar-refractivity contribution in [3.63, 3.8) is 0 Å². The van der Waals surface area contributed by atoms with Gasteiger partial charge in [0.2, 0.25) is 5.91 Å². The zero-order valence-corrected chi connectivity index (χ0v) is 14.7. The maximum absolute atomic E-state index is 12.1. The minimum atomic E-state index is 0.119. The molecule has 1 aliphatic rings. The average molecular weight is 325 g/mol. The fourth-order valence-electron chi connectivity index (χ4n) is 2.83. The highest BCUT2D eigenvalue weighted by Gasteiger charge is 2.17. The molecule has 1 fully saturated rings. The van der Waals surface area contributed by atoms with Gasteiger partial charge >= 0.3 is 0 Å². The number of carbonyl (C=O) groups is 1. The molecule has 22 heavy (non-hydrogen) atoms. The van der Waals surface area contributed by atoms with E-state index in [1.165, 1.54) is 31.0 Å². The van der Waals surface area contributed by atoms with Crippen molar-refractivity contribution in [2.24, 2.45) is 0 Å². The predicted molar refractivity (Wildman–Crippen MR) is 89.3 cm³/mol. The van der Waals surface area contributed by atoms with Gasteiger partial charge in [0.15, 0.2) is 5.16 Å². The highest BCUT2D eigenvalue weighted by atomic mass is 32.2. The molecule has 2 rings (SSSR count). The Morgan fingerprint density at radius 2 is 2.09 bits per heavy atom. The number of hydrogen-bond donors (Lipinski definition) is 1. The van der Waals surface area contributed by atoms with E-state index in [4.69, 9.17) is 4.74 Å². The third-order valence-electron chi connectivity index (χ3n) is 4.24. The number of nitrogens with one attached hydrogen (secondary N) is 1. The summed E-state index contributed by atoms with van der Waals surface area (Å²) in [5.41, 5.74) is 2.17. The standard InChI is InChI=1S/C16H27N3O2S/c1-12-13(2)19(9-10-21-3)16(17-12)22-11-15(20)18-14-7-5-4-6-8-14/h14H,4-11H2,1-3H3,(H,18,20). The maximum Gasteiger partial charge on any atom is 0.230 e. The summed E-state index contributed by atoms with van der Waals surface area (Å²) >= 11 is 1.51. The van der Waals surface area contributed by atoms with Crippen LogP contribution in [0.1, 0.15) is 43.5 Å². The van der Waals surface area contributed by atoms with Crippen molar-refractivity contribution in [1.29, 1.82) is 0 Å². The number of nitrogens with zero attached hydrogens (tertiary/aromatic N) is 2. The molecule has 6 heteroatoms. The lowest BCUT2D eigenvalue weighted by Crippen LogP contribution is -2.37. The van der Waals surface area contributed by atoms with E-state index >= 15 is 0 Å². The molecular formula is C16H27N3O2S. The van der Waals surface area contributed by atoms with Crippen LogP contribution >= 0.6 is 11.8 Å². The van der Waals surface area contributed by atoms with Crippen molar-refractivity contribution in [2.45, 2.75) is 63.7 Å². The van der Waals surface area contributed by atoms with Crippen LogP contribution in [0.15, 0.2) is 5.16 Å². The fourth-order valence-corrected chi connectivity index (χ4v) is 3.76. The van der Waals surface area contributed by atoms with Crippen LogP contribution in [0, 0.1) is 13.8 Å². The number of carbonyl (C=O) groups excluding carboxylic acids is 1. The highest BCUT2D eigenvalue weighted by molar-refractivity contribution is 7.99. The first-order valence-electron chi connectivity index (χ1n) is 8.06. The molecule has 1 heterocycles. The molecule has 1 aliphatic carbocycles. The van der Waals surface area contributed by atoms with Crippen molar-refractivity contribution >= 4 is 17.7 Å². The third kappa shape index (κ3) is 4.74. The number of thioether (sulfide) groups is 1. The van der Waals surface area contributed by atoms with Crippen molar-refractivity contribution in [2.75, 3.05) is 19.5 Å². The van der Waals surface area contributed by atoms with Crippen LogP contribution in [0.5, 0.6) is 0 Å². The van der Waals surface area contributed by atoms with E-state index in [9.17, 15) is 4.79 Å². The predicted octanol–water partition coefficient (Wildman–Crippen LogP) is 2.69. The summed E-state index contributed by atoms with van der Waals surface area (Å²) in [6.45, 7) is 5.49. The molecule has 0 radical (unpaired) electrons. The van der Waals surface area contributed by atoms with Crippen molar-refractivity contribution in [3.8, 4) is 0 Å². The van der Waals surface area contributed by atoms with Gasteiger partial charge in [-0.2, -0.15) is 0 Å². The third-order valence-corrected chi connectivity index (χ3v) is 5.22. The van der Waals surface area contributed by atoms with Gasteiger partial charge in [-0.15, -0.1) is 0 Å². The number of methoxy groups -OCH3 is 1. The molecule has 124 valence electrons. The molecule has 0 atom stereocenters. The molecular weight excluding hydrogens is 298 g/mol. The largest absolute Gasteiger partial charge is 0.383 e. The lowest BCUT2D eigenvalue weighted by atomic mass is 9.95. The molecule has 0 spiro atoms. The van der Waals surface area contributed by atoms with Crippen molar-refractivity contribution in [1.82, 2.24) is 14.9 Å². The van der Waals surface area contributed by atoms with Crippen LogP contribution in [0.4, 0.5) is 0 Å². The first-order chi connectivity index (χ1) is 10.6. The van der Waals surface area contributed by atoms with E-state index in [0.29, 0.717) is 18.4 Å². The molecule has 1 aromatic rings. The molecule has 1 saturated carbocycles. The van der Waals surface area contributed by atoms with E-state index in [1.54, 1.807) is 7.11 Å². The number of amides is 1. The van der Waals surface area contributed by atoms with Crippen LogP contribution in [0.3, 0.4) is 0 Å². The van der Waals surface area contributed by atoms with Gasteiger partial charge in [0.25, 0.3) is 0 Å². The molecule has 0 bridgehead atoms. The summed E-state index contributed by atoms with van der Waals surface area (Å²) in [6.07, 6.45) is 6.01. The van der Waals surface area contributed by atoms with E-state index in [0.717, 1.165) is 35.9 Å². The molecule has 0 aliphatic heterocycles. The Kier molecular flexibility index (Phi) is 6.76. The zero-order chi connectivity index (χ0) is 15.9. The van der Waals surface area contributed by atoms with E-state index in [2.05, 4.69) is 21.8 Å². The minimum absolute atomic E-state index is 0.119. The lowest BCUT2D eigenvalue weighted by Gasteiger charge is -2.22. The SMILES string of the molecule is COCCn1c(SCC(=O)NC2CCCCC2)nc(C)c1C. The summed E-state index contributed by atoms with van der Waals surface area (Å²) in [5.74, 6) is 0.549. The highest BCUT2D eigenvalue weighted by Crippen LogP contribution is 2.22. The zero-order valence-electron chi connectivity index (χ0n) is 13.9. The van der Waals surface area contributed by atoms with Gasteiger partial charge in [-0.05, 0) is 26.7 Å². The van der Waals surface area contributed by atoms with E-state index < -0.39 is 0 Å². The normalized spacial score (nSPS) is 16.0. The number of rotatable bonds is 7. The second-order valence-corrected chi connectivity index (χ2v) is 6.84. The molecule has 1 amide bonds. The Bertz CT molecular complexity index is 496. The second-order valence-electron chi connectivity index (χ2n) is 5.90. The number of aromatic nitrogens is 2. The van der Waals surface area contributed by atoms with Crippen molar-refractivity contribution < 1.29 is 9.53 Å². The average Bonchev–Trinajstić information content (AvgIpc) is 2.79. The van der Waals surface area contributed by atoms with Gasteiger partial charge in [0, 0.05) is 25.4 Å². The summed E-state index contributed by atoms with van der Waals surface area (Å²) in [4.78, 5) is 16.7. The van der Waals surface area contributed by atoms with Gasteiger partial charge in [0.1, 0.15) is 0 Å². The number of imidazole rings is 1. The Morgan fingerprint density at radius 1 is 1.36 bits per heavy atom. The van der Waals surface area contributed by atoms with Gasteiger partial charge in [-0.25, -0.2) is 4.98 Å². The molecule has 0 aromatic carbocycles. The van der Waals surface area contributed by atoms with Crippen LogP contribution in [-0.2, 0) is 16.1 Å². The molecule has 1 N–H and O–H groups in total. The number of aryl methyl sites for hydroxylation is 1. The van der Waals surface area contributed by atoms with E-state index in [1.807, 2.05) is 6.92 Å². The maximum atomic E-state index is 12.1. The molecule has 0 saturated heterocycles. The first kappa shape index (κ1) is 17.3. The summed E-state index contributed by atoms with van der Waals surface area (Å²) in [6, 6.07) is 0.374. The number of hydrogen-bond acceptors (Lipinski definition) is 4. The smallest absolute Gasteiger partial charge is 0.230 e. The first-order valence-corrected chi connectivity index (χ1v) is 9.05. The Labute approximate surface area is 137 Å². The Hall–Kier alpha value is -1.01.